The molecule has 23 heavy (non-hydrogen) atoms. The first-order valence-electron chi connectivity index (χ1n) is 7.59. The number of likely N-dealkylation sites (tertiary alicyclic amines) is 1. The van der Waals surface area contributed by atoms with Crippen LogP contribution < -0.4 is 5.73 Å². The quantitative estimate of drug-likeness (QED) is 0.807. The van der Waals surface area contributed by atoms with Gasteiger partial charge in [0.2, 0.25) is 11.8 Å². The van der Waals surface area contributed by atoms with Crippen molar-refractivity contribution in [3.63, 3.8) is 0 Å². The number of hydrogen-bond acceptors (Lipinski definition) is 3. The molecule has 2 aromatic carbocycles. The summed E-state index contributed by atoms with van der Waals surface area (Å²) in [5.41, 5.74) is 8.01. The van der Waals surface area contributed by atoms with Crippen molar-refractivity contribution in [2.75, 3.05) is 6.54 Å². The number of nitrogens with two attached hydrogens (primary N) is 1. The SMILES string of the molecule is NC(=O)C1CC(=O)N(Cc2ccc3oc4ccccc4c3c2)C1. The number of hydrogen-bond donors (Lipinski definition) is 1. The van der Waals surface area contributed by atoms with Crippen LogP contribution in [0, 0.1) is 5.92 Å². The number of benzene rings is 2. The van der Waals surface area contributed by atoms with Gasteiger partial charge in [-0.2, -0.15) is 0 Å². The van der Waals surface area contributed by atoms with Crippen LogP contribution in [0.3, 0.4) is 0 Å². The molecule has 5 heteroatoms. The van der Waals surface area contributed by atoms with Crippen LogP contribution in [0.15, 0.2) is 46.9 Å². The Morgan fingerprint density at radius 3 is 2.74 bits per heavy atom. The minimum Gasteiger partial charge on any atom is -0.456 e. The van der Waals surface area contributed by atoms with E-state index in [9.17, 15) is 9.59 Å². The first-order chi connectivity index (χ1) is 11.1. The number of fused-ring (bicyclic) bond motifs is 3. The van der Waals surface area contributed by atoms with E-state index in [4.69, 9.17) is 10.2 Å². The highest BCUT2D eigenvalue weighted by molar-refractivity contribution is 6.05. The number of carbonyl (C=O) groups is 2. The van der Waals surface area contributed by atoms with E-state index in [0.29, 0.717) is 13.1 Å². The van der Waals surface area contributed by atoms with E-state index < -0.39 is 5.91 Å². The number of para-hydroxylation sites is 1. The summed E-state index contributed by atoms with van der Waals surface area (Å²) in [5, 5.41) is 2.10. The maximum Gasteiger partial charge on any atom is 0.223 e. The molecule has 1 aliphatic rings. The van der Waals surface area contributed by atoms with E-state index in [1.165, 1.54) is 0 Å². The molecule has 1 saturated heterocycles. The Labute approximate surface area is 132 Å². The van der Waals surface area contributed by atoms with Gasteiger partial charge in [0.05, 0.1) is 5.92 Å². The zero-order chi connectivity index (χ0) is 16.0. The van der Waals surface area contributed by atoms with Crippen LogP contribution in [0.1, 0.15) is 12.0 Å². The lowest BCUT2D eigenvalue weighted by Crippen LogP contribution is -2.28. The molecular formula is C18H16N2O3. The van der Waals surface area contributed by atoms with Crippen molar-refractivity contribution >= 4 is 33.8 Å². The molecule has 2 N–H and O–H groups in total. The van der Waals surface area contributed by atoms with E-state index in [2.05, 4.69) is 0 Å². The second kappa shape index (κ2) is 5.12. The van der Waals surface area contributed by atoms with Crippen LogP contribution in [0.4, 0.5) is 0 Å². The van der Waals surface area contributed by atoms with Crippen LogP contribution in [0.2, 0.25) is 0 Å². The van der Waals surface area contributed by atoms with E-state index in [0.717, 1.165) is 27.5 Å². The minimum atomic E-state index is -0.405. The second-order valence-electron chi connectivity index (χ2n) is 6.01. The number of rotatable bonds is 3. The lowest BCUT2D eigenvalue weighted by molar-refractivity contribution is -0.128. The first kappa shape index (κ1) is 13.8. The summed E-state index contributed by atoms with van der Waals surface area (Å²) in [5.74, 6) is -0.802. The molecule has 0 radical (unpaired) electrons. The Morgan fingerprint density at radius 1 is 1.17 bits per heavy atom. The van der Waals surface area contributed by atoms with Crippen molar-refractivity contribution in [2.45, 2.75) is 13.0 Å². The predicted molar refractivity (Wildman–Crippen MR) is 86.4 cm³/mol. The Balaban J connectivity index is 1.66. The summed E-state index contributed by atoms with van der Waals surface area (Å²) in [4.78, 5) is 25.0. The zero-order valence-corrected chi connectivity index (χ0v) is 12.5. The van der Waals surface area contributed by atoms with Gasteiger partial charge in [-0.1, -0.05) is 24.3 Å². The van der Waals surface area contributed by atoms with Crippen LogP contribution in [0.5, 0.6) is 0 Å². The van der Waals surface area contributed by atoms with Gasteiger partial charge in [0.1, 0.15) is 11.2 Å². The third-order valence-corrected chi connectivity index (χ3v) is 4.43. The summed E-state index contributed by atoms with van der Waals surface area (Å²) >= 11 is 0. The number of primary amides is 1. The molecule has 2 heterocycles. The summed E-state index contributed by atoms with van der Waals surface area (Å²) in [6.07, 6.45) is 0.215. The van der Waals surface area contributed by atoms with Gasteiger partial charge in [-0.15, -0.1) is 0 Å². The molecular weight excluding hydrogens is 292 g/mol. The number of carbonyl (C=O) groups excluding carboxylic acids is 2. The van der Waals surface area contributed by atoms with E-state index in [1.807, 2.05) is 42.5 Å². The average Bonchev–Trinajstić information content (AvgIpc) is 3.08. The highest BCUT2D eigenvalue weighted by Gasteiger charge is 2.32. The Kier molecular flexibility index (Phi) is 3.08. The van der Waals surface area contributed by atoms with Crippen molar-refractivity contribution in [3.05, 3.63) is 48.0 Å². The Bertz CT molecular complexity index is 928. The van der Waals surface area contributed by atoms with Crippen molar-refractivity contribution in [1.82, 2.24) is 4.90 Å². The second-order valence-corrected chi connectivity index (χ2v) is 6.01. The smallest absolute Gasteiger partial charge is 0.223 e. The van der Waals surface area contributed by atoms with Gasteiger partial charge < -0.3 is 15.1 Å². The minimum absolute atomic E-state index is 0.0223. The number of furan rings is 1. The van der Waals surface area contributed by atoms with E-state index >= 15 is 0 Å². The topological polar surface area (TPSA) is 76.5 Å². The van der Waals surface area contributed by atoms with Crippen LogP contribution >= 0.6 is 0 Å². The molecule has 1 unspecified atom stereocenters. The molecule has 1 atom stereocenters. The maximum absolute atomic E-state index is 12.0. The average molecular weight is 308 g/mol. The Morgan fingerprint density at radius 2 is 1.96 bits per heavy atom. The monoisotopic (exact) mass is 308 g/mol. The molecule has 116 valence electrons. The molecule has 1 aromatic heterocycles. The molecule has 1 fully saturated rings. The normalized spacial score (nSPS) is 18.2. The molecule has 4 rings (SSSR count). The Hall–Kier alpha value is -2.82. The molecule has 2 amide bonds. The largest absolute Gasteiger partial charge is 0.456 e. The maximum atomic E-state index is 12.0. The van der Waals surface area contributed by atoms with Crippen LogP contribution in [-0.2, 0) is 16.1 Å². The summed E-state index contributed by atoms with van der Waals surface area (Å²) in [6, 6.07) is 13.8. The highest BCUT2D eigenvalue weighted by atomic mass is 16.3. The van der Waals surface area contributed by atoms with Gasteiger partial charge in [0.25, 0.3) is 0 Å². The van der Waals surface area contributed by atoms with Crippen LogP contribution in [-0.4, -0.2) is 23.3 Å². The molecule has 0 aliphatic carbocycles. The van der Waals surface area contributed by atoms with Gasteiger partial charge in [0, 0.05) is 30.3 Å². The van der Waals surface area contributed by atoms with Crippen molar-refractivity contribution in [2.24, 2.45) is 11.7 Å². The van der Waals surface area contributed by atoms with Gasteiger partial charge >= 0.3 is 0 Å². The van der Waals surface area contributed by atoms with Gasteiger partial charge in [0.15, 0.2) is 0 Å². The van der Waals surface area contributed by atoms with Gasteiger partial charge in [-0.3, -0.25) is 9.59 Å². The molecule has 1 aliphatic heterocycles. The fourth-order valence-electron chi connectivity index (χ4n) is 3.21. The lowest BCUT2D eigenvalue weighted by atomic mass is 10.1. The third-order valence-electron chi connectivity index (χ3n) is 4.43. The molecule has 3 aromatic rings. The molecule has 0 bridgehead atoms. The summed E-state index contributed by atoms with van der Waals surface area (Å²) in [7, 11) is 0. The third kappa shape index (κ3) is 2.34. The fourth-order valence-corrected chi connectivity index (χ4v) is 3.21. The standard InChI is InChI=1S/C18H16N2O3/c19-18(22)12-8-17(21)20(10-12)9-11-5-6-16-14(7-11)13-3-1-2-4-15(13)23-16/h1-7,12H,8-10H2,(H2,19,22). The molecule has 0 saturated carbocycles. The first-order valence-corrected chi connectivity index (χ1v) is 7.59. The van der Waals surface area contributed by atoms with Gasteiger partial charge in [-0.25, -0.2) is 0 Å². The van der Waals surface area contributed by atoms with Crippen molar-refractivity contribution in [1.29, 1.82) is 0 Å². The van der Waals surface area contributed by atoms with E-state index in [-0.39, 0.29) is 18.2 Å². The highest BCUT2D eigenvalue weighted by Crippen LogP contribution is 2.30. The fraction of sp³-hybridized carbons (Fsp3) is 0.222. The van der Waals surface area contributed by atoms with Gasteiger partial charge in [-0.05, 0) is 23.8 Å². The van der Waals surface area contributed by atoms with Crippen LogP contribution in [0.25, 0.3) is 21.9 Å². The molecule has 0 spiro atoms. The number of amides is 2. The zero-order valence-electron chi connectivity index (χ0n) is 12.5. The summed E-state index contributed by atoms with van der Waals surface area (Å²) in [6.45, 7) is 0.885. The van der Waals surface area contributed by atoms with Crippen molar-refractivity contribution < 1.29 is 14.0 Å². The summed E-state index contributed by atoms with van der Waals surface area (Å²) < 4.78 is 5.81. The lowest BCUT2D eigenvalue weighted by Gasteiger charge is -2.16. The molecule has 5 nitrogen and oxygen atoms in total. The van der Waals surface area contributed by atoms with Crippen molar-refractivity contribution in [3.8, 4) is 0 Å². The predicted octanol–water partition coefficient (Wildman–Crippen LogP) is 2.42. The van der Waals surface area contributed by atoms with E-state index in [1.54, 1.807) is 4.90 Å². The number of nitrogens with zero attached hydrogens (tertiary/aromatic N) is 1.